The number of aromatic nitrogens is 1. The highest BCUT2D eigenvalue weighted by Crippen LogP contribution is 2.28. The molecule has 2 fully saturated rings. The van der Waals surface area contributed by atoms with E-state index < -0.39 is 5.91 Å². The van der Waals surface area contributed by atoms with Crippen LogP contribution in [0, 0.1) is 5.92 Å². The third-order valence-corrected chi connectivity index (χ3v) is 4.79. The number of nitrogens with one attached hydrogen (secondary N) is 1. The SMILES string of the molecule is NC(=O)c1cccnc1NC[C@@H]1CCN(C2CCCC2)C1. The molecule has 1 saturated carbocycles. The Morgan fingerprint density at radius 2 is 2.19 bits per heavy atom. The lowest BCUT2D eigenvalue weighted by Crippen LogP contribution is -2.31. The summed E-state index contributed by atoms with van der Waals surface area (Å²) in [6.07, 6.45) is 8.43. The van der Waals surface area contributed by atoms with E-state index in [9.17, 15) is 4.79 Å². The molecule has 1 saturated heterocycles. The molecule has 1 amide bonds. The lowest BCUT2D eigenvalue weighted by atomic mass is 10.1. The number of nitrogens with two attached hydrogens (primary N) is 1. The number of nitrogens with zero attached hydrogens (tertiary/aromatic N) is 2. The Morgan fingerprint density at radius 1 is 1.38 bits per heavy atom. The Labute approximate surface area is 125 Å². The van der Waals surface area contributed by atoms with Gasteiger partial charge in [0.2, 0.25) is 0 Å². The predicted octanol–water partition coefficient (Wildman–Crippen LogP) is 1.86. The van der Waals surface area contributed by atoms with Crippen LogP contribution in [-0.2, 0) is 0 Å². The van der Waals surface area contributed by atoms with Gasteiger partial charge in [0, 0.05) is 25.3 Å². The summed E-state index contributed by atoms with van der Waals surface area (Å²) in [5.41, 5.74) is 5.85. The summed E-state index contributed by atoms with van der Waals surface area (Å²) in [5, 5.41) is 3.31. The van der Waals surface area contributed by atoms with Crippen molar-refractivity contribution in [2.24, 2.45) is 11.7 Å². The molecule has 1 aliphatic carbocycles. The van der Waals surface area contributed by atoms with E-state index in [4.69, 9.17) is 5.73 Å². The van der Waals surface area contributed by atoms with Crippen molar-refractivity contribution in [3.05, 3.63) is 23.9 Å². The molecule has 3 N–H and O–H groups in total. The zero-order valence-corrected chi connectivity index (χ0v) is 12.4. The number of primary amides is 1. The van der Waals surface area contributed by atoms with Gasteiger partial charge in [0.25, 0.3) is 5.91 Å². The average molecular weight is 288 g/mol. The van der Waals surface area contributed by atoms with Gasteiger partial charge in [-0.3, -0.25) is 4.79 Å². The Balaban J connectivity index is 1.53. The summed E-state index contributed by atoms with van der Waals surface area (Å²) in [6, 6.07) is 4.27. The van der Waals surface area contributed by atoms with Gasteiger partial charge in [-0.2, -0.15) is 0 Å². The third kappa shape index (κ3) is 3.35. The van der Waals surface area contributed by atoms with Crippen LogP contribution in [0.2, 0.25) is 0 Å². The lowest BCUT2D eigenvalue weighted by Gasteiger charge is -2.23. The largest absolute Gasteiger partial charge is 0.369 e. The zero-order valence-electron chi connectivity index (χ0n) is 12.4. The van der Waals surface area contributed by atoms with E-state index in [1.54, 1.807) is 18.3 Å². The van der Waals surface area contributed by atoms with Gasteiger partial charge in [-0.25, -0.2) is 4.98 Å². The molecule has 0 spiro atoms. The molecule has 2 heterocycles. The molecule has 1 aromatic rings. The second-order valence-electron chi connectivity index (χ2n) is 6.23. The van der Waals surface area contributed by atoms with Crippen molar-refractivity contribution in [1.29, 1.82) is 0 Å². The molecule has 1 aromatic heterocycles. The smallest absolute Gasteiger partial charge is 0.252 e. The molecule has 5 nitrogen and oxygen atoms in total. The maximum Gasteiger partial charge on any atom is 0.252 e. The number of hydrogen-bond donors (Lipinski definition) is 2. The molecule has 21 heavy (non-hydrogen) atoms. The van der Waals surface area contributed by atoms with E-state index >= 15 is 0 Å². The molecule has 1 atom stereocenters. The van der Waals surface area contributed by atoms with Gasteiger partial charge in [-0.05, 0) is 43.9 Å². The molecule has 3 rings (SSSR count). The van der Waals surface area contributed by atoms with Crippen molar-refractivity contribution in [3.63, 3.8) is 0 Å². The first-order chi connectivity index (χ1) is 10.2. The molecule has 2 aliphatic rings. The maximum atomic E-state index is 11.4. The van der Waals surface area contributed by atoms with Crippen molar-refractivity contribution in [3.8, 4) is 0 Å². The molecular weight excluding hydrogens is 264 g/mol. The highest BCUT2D eigenvalue weighted by molar-refractivity contribution is 5.97. The normalized spacial score (nSPS) is 23.5. The van der Waals surface area contributed by atoms with Crippen molar-refractivity contribution in [2.45, 2.75) is 38.1 Å². The summed E-state index contributed by atoms with van der Waals surface area (Å²) < 4.78 is 0. The van der Waals surface area contributed by atoms with Gasteiger partial charge >= 0.3 is 0 Å². The van der Waals surface area contributed by atoms with Gasteiger partial charge < -0.3 is 16.0 Å². The quantitative estimate of drug-likeness (QED) is 0.867. The number of carbonyl (C=O) groups is 1. The highest BCUT2D eigenvalue weighted by Gasteiger charge is 2.29. The molecule has 1 aliphatic heterocycles. The molecule has 0 unspecified atom stereocenters. The van der Waals surface area contributed by atoms with Gasteiger partial charge in [0.05, 0.1) is 5.56 Å². The van der Waals surface area contributed by atoms with E-state index in [1.807, 2.05) is 0 Å². The number of anilines is 1. The topological polar surface area (TPSA) is 71.2 Å². The molecule has 5 heteroatoms. The van der Waals surface area contributed by atoms with Crippen LogP contribution in [0.1, 0.15) is 42.5 Å². The Hall–Kier alpha value is -1.62. The number of carbonyl (C=O) groups excluding carboxylic acids is 1. The first kappa shape index (κ1) is 14.3. The average Bonchev–Trinajstić information content (AvgIpc) is 3.16. The minimum atomic E-state index is -0.426. The van der Waals surface area contributed by atoms with Crippen LogP contribution in [0.5, 0.6) is 0 Å². The Bertz CT molecular complexity index is 499. The van der Waals surface area contributed by atoms with Gasteiger partial charge in [-0.15, -0.1) is 0 Å². The molecule has 114 valence electrons. The predicted molar refractivity (Wildman–Crippen MR) is 83.2 cm³/mol. The number of amides is 1. The Kier molecular flexibility index (Phi) is 4.39. The summed E-state index contributed by atoms with van der Waals surface area (Å²) >= 11 is 0. The first-order valence-corrected chi connectivity index (χ1v) is 7.97. The minimum Gasteiger partial charge on any atom is -0.369 e. The fourth-order valence-electron chi connectivity index (χ4n) is 3.62. The monoisotopic (exact) mass is 288 g/mol. The van der Waals surface area contributed by atoms with E-state index in [1.165, 1.54) is 38.6 Å². The summed E-state index contributed by atoms with van der Waals surface area (Å²) in [5.74, 6) is 0.822. The van der Waals surface area contributed by atoms with Crippen LogP contribution in [0.4, 0.5) is 5.82 Å². The lowest BCUT2D eigenvalue weighted by molar-refractivity contribution is 0.100. The van der Waals surface area contributed by atoms with E-state index in [0.29, 0.717) is 17.3 Å². The fourth-order valence-corrected chi connectivity index (χ4v) is 3.62. The molecule has 0 radical (unpaired) electrons. The van der Waals surface area contributed by atoms with Gasteiger partial charge in [-0.1, -0.05) is 12.8 Å². The number of likely N-dealkylation sites (tertiary alicyclic amines) is 1. The van der Waals surface area contributed by atoms with E-state index in [-0.39, 0.29) is 0 Å². The molecule has 0 bridgehead atoms. The van der Waals surface area contributed by atoms with Crippen molar-refractivity contribution in [2.75, 3.05) is 25.0 Å². The number of rotatable bonds is 5. The number of hydrogen-bond acceptors (Lipinski definition) is 4. The highest BCUT2D eigenvalue weighted by atomic mass is 16.1. The summed E-state index contributed by atoms with van der Waals surface area (Å²) in [7, 11) is 0. The van der Waals surface area contributed by atoms with E-state index in [0.717, 1.165) is 19.1 Å². The molecule has 0 aromatic carbocycles. The number of pyridine rings is 1. The second kappa shape index (κ2) is 6.43. The standard InChI is InChI=1S/C16H24N4O/c17-15(21)14-6-3-8-18-16(14)19-10-12-7-9-20(11-12)13-4-1-2-5-13/h3,6,8,12-13H,1-2,4-5,7,9-11H2,(H2,17,21)(H,18,19)/t12-/m0/s1. The summed E-state index contributed by atoms with van der Waals surface area (Å²) in [4.78, 5) is 18.3. The van der Waals surface area contributed by atoms with Gasteiger partial charge in [0.15, 0.2) is 0 Å². The van der Waals surface area contributed by atoms with Crippen LogP contribution in [-0.4, -0.2) is 41.5 Å². The first-order valence-electron chi connectivity index (χ1n) is 7.97. The van der Waals surface area contributed by atoms with Gasteiger partial charge in [0.1, 0.15) is 5.82 Å². The van der Waals surface area contributed by atoms with Crippen molar-refractivity contribution >= 4 is 11.7 Å². The minimum absolute atomic E-state index is 0.426. The second-order valence-corrected chi connectivity index (χ2v) is 6.23. The maximum absolute atomic E-state index is 11.4. The van der Waals surface area contributed by atoms with Crippen LogP contribution in [0.3, 0.4) is 0 Å². The fraction of sp³-hybridized carbons (Fsp3) is 0.625. The Morgan fingerprint density at radius 3 is 2.95 bits per heavy atom. The van der Waals surface area contributed by atoms with Crippen molar-refractivity contribution in [1.82, 2.24) is 9.88 Å². The third-order valence-electron chi connectivity index (χ3n) is 4.79. The van der Waals surface area contributed by atoms with Crippen LogP contribution in [0.25, 0.3) is 0 Å². The van der Waals surface area contributed by atoms with Crippen LogP contribution in [0.15, 0.2) is 18.3 Å². The van der Waals surface area contributed by atoms with Crippen LogP contribution < -0.4 is 11.1 Å². The zero-order chi connectivity index (χ0) is 14.7. The summed E-state index contributed by atoms with van der Waals surface area (Å²) in [6.45, 7) is 3.23. The molecular formula is C16H24N4O. The van der Waals surface area contributed by atoms with E-state index in [2.05, 4.69) is 15.2 Å². The van der Waals surface area contributed by atoms with Crippen LogP contribution >= 0.6 is 0 Å². The van der Waals surface area contributed by atoms with Crippen molar-refractivity contribution < 1.29 is 4.79 Å².